The third-order valence-corrected chi connectivity index (χ3v) is 9.56. The molecular formula is C36H42FN5O5. The van der Waals surface area contributed by atoms with Crippen LogP contribution in [0.5, 0.6) is 0 Å². The van der Waals surface area contributed by atoms with Crippen LogP contribution in [-0.4, -0.2) is 61.6 Å². The molecular weight excluding hydrogens is 601 g/mol. The molecule has 1 saturated carbocycles. The number of ether oxygens (including phenoxy) is 1. The second-order valence-corrected chi connectivity index (χ2v) is 14.1. The number of nitrogens with zero attached hydrogens (tertiary/aromatic N) is 4. The van der Waals surface area contributed by atoms with Crippen LogP contribution in [-0.2, 0) is 44.7 Å². The maximum absolute atomic E-state index is 14.0. The lowest BCUT2D eigenvalue weighted by molar-refractivity contribution is -0.156. The predicted octanol–water partition coefficient (Wildman–Crippen LogP) is 5.24. The van der Waals surface area contributed by atoms with Gasteiger partial charge in [-0.05, 0) is 99.6 Å². The molecule has 1 aliphatic heterocycles. The zero-order chi connectivity index (χ0) is 33.5. The van der Waals surface area contributed by atoms with Gasteiger partial charge in [0.15, 0.2) is 0 Å². The quantitative estimate of drug-likeness (QED) is 0.266. The number of benzene rings is 2. The molecule has 0 bridgehead atoms. The lowest BCUT2D eigenvalue weighted by Gasteiger charge is -2.37. The van der Waals surface area contributed by atoms with Gasteiger partial charge in [-0.1, -0.05) is 30.3 Å². The zero-order valence-electron chi connectivity index (χ0n) is 27.4. The van der Waals surface area contributed by atoms with Gasteiger partial charge in [-0.15, -0.1) is 0 Å². The predicted molar refractivity (Wildman–Crippen MR) is 172 cm³/mol. The average molecular weight is 644 g/mol. The van der Waals surface area contributed by atoms with Gasteiger partial charge in [-0.25, -0.2) is 9.18 Å². The summed E-state index contributed by atoms with van der Waals surface area (Å²) in [5.74, 6) is -1.23. The Morgan fingerprint density at radius 2 is 1.79 bits per heavy atom. The van der Waals surface area contributed by atoms with Crippen molar-refractivity contribution in [3.8, 4) is 11.1 Å². The van der Waals surface area contributed by atoms with Crippen molar-refractivity contribution in [1.29, 1.82) is 0 Å². The second-order valence-electron chi connectivity index (χ2n) is 14.1. The minimum Gasteiger partial charge on any atom is -0.460 e. The number of amides is 4. The standard InChI is InChI=1S/C36H42FN5O5/c1-35(2,3)47-32(44)17-23-7-12-29(13-8-23)41(20-24-5-10-28(37)11-6-24)31(43)22-42-33(45)36(39-34(42)46)16-15-26-18-25(9-14-30(26)36)27-19-38-40(4)21-27/h5-6,9-11,14,18-19,21,23,29H,7-8,12-13,15-17,20,22H2,1-4H3,(H,39,46)/t23?,29?,36-/m0/s1. The van der Waals surface area contributed by atoms with Gasteiger partial charge in [0.2, 0.25) is 5.91 Å². The molecule has 1 N–H and O–H groups in total. The topological polar surface area (TPSA) is 114 Å². The van der Waals surface area contributed by atoms with Crippen LogP contribution >= 0.6 is 0 Å². The fourth-order valence-corrected chi connectivity index (χ4v) is 7.26. The van der Waals surface area contributed by atoms with E-state index in [0.29, 0.717) is 32.1 Å². The molecule has 2 fully saturated rings. The highest BCUT2D eigenvalue weighted by Crippen LogP contribution is 2.43. The highest BCUT2D eigenvalue weighted by molar-refractivity contribution is 6.10. The van der Waals surface area contributed by atoms with Crippen molar-refractivity contribution in [2.24, 2.45) is 13.0 Å². The molecule has 1 atom stereocenters. The number of imide groups is 1. The summed E-state index contributed by atoms with van der Waals surface area (Å²) in [6.07, 6.45) is 7.86. The molecule has 1 saturated heterocycles. The Morgan fingerprint density at radius 3 is 2.45 bits per heavy atom. The molecule has 0 radical (unpaired) electrons. The van der Waals surface area contributed by atoms with E-state index in [2.05, 4.69) is 10.4 Å². The van der Waals surface area contributed by atoms with Crippen molar-refractivity contribution in [2.45, 2.75) is 89.4 Å². The Bertz CT molecular complexity index is 1690. The first-order chi connectivity index (χ1) is 22.3. The zero-order valence-corrected chi connectivity index (χ0v) is 27.4. The molecule has 1 aromatic heterocycles. The summed E-state index contributed by atoms with van der Waals surface area (Å²) in [6, 6.07) is 11.1. The molecule has 2 aliphatic carbocycles. The first kappa shape index (κ1) is 32.4. The highest BCUT2D eigenvalue weighted by atomic mass is 19.1. The molecule has 11 heteroatoms. The van der Waals surface area contributed by atoms with Crippen molar-refractivity contribution in [3.63, 3.8) is 0 Å². The van der Waals surface area contributed by atoms with E-state index in [1.165, 1.54) is 12.1 Å². The Kier molecular flexibility index (Phi) is 8.67. The molecule has 248 valence electrons. The molecule has 3 aromatic rings. The van der Waals surface area contributed by atoms with Crippen LogP contribution in [0.15, 0.2) is 54.9 Å². The van der Waals surface area contributed by atoms with Crippen LogP contribution in [0.4, 0.5) is 9.18 Å². The van der Waals surface area contributed by atoms with Gasteiger partial charge in [0.05, 0.1) is 6.20 Å². The van der Waals surface area contributed by atoms with Gasteiger partial charge < -0.3 is 15.0 Å². The number of esters is 1. The van der Waals surface area contributed by atoms with E-state index in [1.807, 2.05) is 52.2 Å². The van der Waals surface area contributed by atoms with Crippen molar-refractivity contribution < 1.29 is 28.3 Å². The lowest BCUT2D eigenvalue weighted by atomic mass is 9.83. The number of halogens is 1. The molecule has 6 rings (SSSR count). The lowest BCUT2D eigenvalue weighted by Crippen LogP contribution is -2.48. The maximum atomic E-state index is 14.0. The third kappa shape index (κ3) is 6.80. The van der Waals surface area contributed by atoms with Crippen LogP contribution in [0.3, 0.4) is 0 Å². The van der Waals surface area contributed by atoms with Gasteiger partial charge in [0, 0.05) is 37.8 Å². The normalized spacial score (nSPS) is 22.4. The van der Waals surface area contributed by atoms with Crippen LogP contribution in [0.25, 0.3) is 11.1 Å². The summed E-state index contributed by atoms with van der Waals surface area (Å²) in [5.41, 5.74) is 2.67. The first-order valence-electron chi connectivity index (χ1n) is 16.3. The number of aryl methyl sites for hydroxylation is 2. The van der Waals surface area contributed by atoms with E-state index in [4.69, 9.17) is 4.74 Å². The van der Waals surface area contributed by atoms with Crippen molar-refractivity contribution in [1.82, 2.24) is 24.9 Å². The largest absolute Gasteiger partial charge is 0.460 e. The maximum Gasteiger partial charge on any atom is 0.325 e. The molecule has 47 heavy (non-hydrogen) atoms. The Hall–Kier alpha value is -4.54. The molecule has 0 unspecified atom stereocenters. The van der Waals surface area contributed by atoms with Gasteiger partial charge in [-0.2, -0.15) is 5.10 Å². The minimum absolute atomic E-state index is 0.149. The molecule has 3 aliphatic rings. The fraction of sp³-hybridized carbons (Fsp3) is 0.472. The Morgan fingerprint density at radius 1 is 1.06 bits per heavy atom. The van der Waals surface area contributed by atoms with Crippen molar-refractivity contribution >= 4 is 23.8 Å². The Labute approximate surface area is 274 Å². The number of fused-ring (bicyclic) bond motifs is 2. The van der Waals surface area contributed by atoms with E-state index >= 15 is 0 Å². The number of carbonyl (C=O) groups excluding carboxylic acids is 4. The van der Waals surface area contributed by atoms with E-state index < -0.39 is 29.6 Å². The summed E-state index contributed by atoms with van der Waals surface area (Å²) in [7, 11) is 1.85. The van der Waals surface area contributed by atoms with E-state index in [9.17, 15) is 23.6 Å². The summed E-state index contributed by atoms with van der Waals surface area (Å²) in [5, 5.41) is 7.18. The number of carbonyl (C=O) groups is 4. The van der Waals surface area contributed by atoms with E-state index in [0.717, 1.165) is 45.6 Å². The first-order valence-corrected chi connectivity index (χ1v) is 16.3. The van der Waals surface area contributed by atoms with Gasteiger partial charge in [0.1, 0.15) is 23.5 Å². The van der Waals surface area contributed by atoms with Crippen molar-refractivity contribution in [2.75, 3.05) is 6.54 Å². The molecule has 2 aromatic carbocycles. The second kappa shape index (κ2) is 12.6. The number of aromatic nitrogens is 2. The number of urea groups is 1. The molecule has 10 nitrogen and oxygen atoms in total. The fourth-order valence-electron chi connectivity index (χ4n) is 7.26. The van der Waals surface area contributed by atoms with Crippen LogP contribution < -0.4 is 5.32 Å². The molecule has 2 heterocycles. The van der Waals surface area contributed by atoms with Crippen LogP contribution in [0.1, 0.15) is 76.0 Å². The Balaban J connectivity index is 1.17. The van der Waals surface area contributed by atoms with Crippen LogP contribution in [0, 0.1) is 11.7 Å². The number of rotatable bonds is 8. The van der Waals surface area contributed by atoms with Gasteiger partial charge >= 0.3 is 12.0 Å². The van der Waals surface area contributed by atoms with Gasteiger partial charge in [0.25, 0.3) is 5.91 Å². The summed E-state index contributed by atoms with van der Waals surface area (Å²) in [6.45, 7) is 5.36. The van der Waals surface area contributed by atoms with Gasteiger partial charge in [-0.3, -0.25) is 24.0 Å². The third-order valence-electron chi connectivity index (χ3n) is 9.56. The summed E-state index contributed by atoms with van der Waals surface area (Å²) in [4.78, 5) is 56.6. The van der Waals surface area contributed by atoms with Crippen molar-refractivity contribution in [3.05, 3.63) is 77.4 Å². The molecule has 1 spiro atoms. The monoisotopic (exact) mass is 643 g/mol. The highest BCUT2D eigenvalue weighted by Gasteiger charge is 2.56. The molecule has 4 amide bonds. The number of hydrogen-bond acceptors (Lipinski definition) is 6. The smallest absolute Gasteiger partial charge is 0.325 e. The summed E-state index contributed by atoms with van der Waals surface area (Å²) >= 11 is 0. The summed E-state index contributed by atoms with van der Waals surface area (Å²) < 4.78 is 20.9. The van der Waals surface area contributed by atoms with Crippen LogP contribution in [0.2, 0.25) is 0 Å². The minimum atomic E-state index is -1.21. The average Bonchev–Trinajstić information content (AvgIpc) is 3.68. The number of hydrogen-bond donors (Lipinski definition) is 1. The number of nitrogens with one attached hydrogen (secondary N) is 1. The van der Waals surface area contributed by atoms with E-state index in [-0.39, 0.29) is 36.2 Å². The SMILES string of the molecule is Cn1cc(-c2ccc3c(c2)CC[C@]32NC(=O)N(CC(=O)N(Cc3ccc(F)cc3)C3CCC(CC(=O)OC(C)(C)C)CC3)C2=O)cn1. The van der Waals surface area contributed by atoms with E-state index in [1.54, 1.807) is 27.9 Å².